The van der Waals surface area contributed by atoms with E-state index in [-0.39, 0.29) is 6.10 Å². The Balaban J connectivity index is 3.09. The zero-order chi connectivity index (χ0) is 15.8. The van der Waals surface area contributed by atoms with Crippen LogP contribution in [0.1, 0.15) is 40.2 Å². The fraction of sp³-hybridized carbons (Fsp3) is 0.562. The van der Waals surface area contributed by atoms with Gasteiger partial charge in [-0.1, -0.05) is 6.92 Å². The normalized spacial score (nSPS) is 10.4. The summed E-state index contributed by atoms with van der Waals surface area (Å²) in [5, 5.41) is 2.76. The molecule has 1 aromatic rings. The molecule has 0 aliphatic carbocycles. The van der Waals surface area contributed by atoms with Gasteiger partial charge in [-0.3, -0.25) is 5.32 Å². The number of hydrogen-bond acceptors (Lipinski definition) is 4. The molecule has 5 nitrogen and oxygen atoms in total. The smallest absolute Gasteiger partial charge is 0.411 e. The van der Waals surface area contributed by atoms with Crippen molar-refractivity contribution in [3.63, 3.8) is 0 Å². The Morgan fingerprint density at radius 2 is 1.81 bits per heavy atom. The topological polar surface area (TPSA) is 56.8 Å². The van der Waals surface area contributed by atoms with Crippen molar-refractivity contribution < 1.29 is 19.0 Å². The highest BCUT2D eigenvalue weighted by Gasteiger charge is 2.16. The summed E-state index contributed by atoms with van der Waals surface area (Å²) in [6.07, 6.45) is 0.0866. The van der Waals surface area contributed by atoms with E-state index in [2.05, 4.69) is 5.32 Å². The quantitative estimate of drug-likeness (QED) is 0.826. The summed E-state index contributed by atoms with van der Waals surface area (Å²) >= 11 is 0. The van der Waals surface area contributed by atoms with Crippen LogP contribution in [0.2, 0.25) is 0 Å². The van der Waals surface area contributed by atoms with Gasteiger partial charge in [0.25, 0.3) is 0 Å². The molecule has 5 heteroatoms. The van der Waals surface area contributed by atoms with Crippen molar-refractivity contribution in [3.05, 3.63) is 17.7 Å². The van der Waals surface area contributed by atoms with Crippen molar-refractivity contribution >= 4 is 11.8 Å². The average Bonchev–Trinajstić information content (AvgIpc) is 2.41. The molecule has 0 radical (unpaired) electrons. The molecule has 0 aliphatic rings. The van der Waals surface area contributed by atoms with E-state index in [4.69, 9.17) is 14.2 Å². The van der Waals surface area contributed by atoms with E-state index in [1.54, 1.807) is 6.07 Å². The number of ether oxygens (including phenoxy) is 3. The molecule has 0 atom stereocenters. The zero-order valence-electron chi connectivity index (χ0n) is 13.5. The molecule has 0 bridgehead atoms. The van der Waals surface area contributed by atoms with Crippen LogP contribution >= 0.6 is 0 Å². The number of anilines is 1. The van der Waals surface area contributed by atoms with Crippen LogP contribution in [0.4, 0.5) is 10.5 Å². The summed E-state index contributed by atoms with van der Waals surface area (Å²) in [6, 6.07) is 3.62. The van der Waals surface area contributed by atoms with Crippen molar-refractivity contribution in [1.82, 2.24) is 0 Å². The Morgan fingerprint density at radius 3 is 2.33 bits per heavy atom. The van der Waals surface area contributed by atoms with Gasteiger partial charge in [0.1, 0.15) is 0 Å². The maximum Gasteiger partial charge on any atom is 0.411 e. The van der Waals surface area contributed by atoms with Crippen LogP contribution in [-0.4, -0.2) is 25.4 Å². The Hall–Kier alpha value is -1.91. The molecule has 21 heavy (non-hydrogen) atoms. The molecule has 118 valence electrons. The number of carbonyl (C=O) groups is 1. The van der Waals surface area contributed by atoms with Gasteiger partial charge < -0.3 is 14.2 Å². The van der Waals surface area contributed by atoms with Gasteiger partial charge in [0.05, 0.1) is 25.0 Å². The lowest BCUT2D eigenvalue weighted by atomic mass is 10.1. The van der Waals surface area contributed by atoms with Gasteiger partial charge in [0.2, 0.25) is 0 Å². The monoisotopic (exact) mass is 295 g/mol. The summed E-state index contributed by atoms with van der Waals surface area (Å²) in [7, 11) is 0. The average molecular weight is 295 g/mol. The minimum Gasteiger partial charge on any atom is -0.490 e. The molecule has 0 heterocycles. The first-order valence-corrected chi connectivity index (χ1v) is 7.42. The first kappa shape index (κ1) is 17.1. The van der Waals surface area contributed by atoms with E-state index in [9.17, 15) is 4.79 Å². The van der Waals surface area contributed by atoms with E-state index >= 15 is 0 Å². The fourth-order valence-electron chi connectivity index (χ4n) is 2.00. The van der Waals surface area contributed by atoms with Crippen LogP contribution in [0.3, 0.4) is 0 Å². The summed E-state index contributed by atoms with van der Waals surface area (Å²) in [6.45, 7) is 10.6. The lowest BCUT2D eigenvalue weighted by molar-refractivity contribution is 0.130. The largest absolute Gasteiger partial charge is 0.490 e. The zero-order valence-corrected chi connectivity index (χ0v) is 13.5. The lowest BCUT2D eigenvalue weighted by Gasteiger charge is -2.18. The fourth-order valence-corrected chi connectivity index (χ4v) is 2.00. The standard InChI is InChI=1S/C16H25NO4/c1-6-12-13(17-16(18)21-11(4)5)9-10-14(19-7-2)15(12)20-8-3/h9-11H,6-8H2,1-5H3,(H,17,18). The Morgan fingerprint density at radius 1 is 1.14 bits per heavy atom. The molecule has 0 unspecified atom stereocenters. The molecule has 1 rings (SSSR count). The number of nitrogens with one attached hydrogen (secondary N) is 1. The molecule has 0 saturated carbocycles. The van der Waals surface area contributed by atoms with E-state index in [0.29, 0.717) is 36.8 Å². The highest BCUT2D eigenvalue weighted by molar-refractivity contribution is 5.87. The van der Waals surface area contributed by atoms with E-state index < -0.39 is 6.09 Å². The van der Waals surface area contributed by atoms with E-state index in [1.807, 2.05) is 40.7 Å². The third-order valence-corrected chi connectivity index (χ3v) is 2.75. The maximum absolute atomic E-state index is 11.8. The van der Waals surface area contributed by atoms with Gasteiger partial charge in [-0.25, -0.2) is 4.79 Å². The number of hydrogen-bond donors (Lipinski definition) is 1. The number of amides is 1. The molecule has 0 aliphatic heterocycles. The van der Waals surface area contributed by atoms with Crippen molar-refractivity contribution in [2.24, 2.45) is 0 Å². The van der Waals surface area contributed by atoms with Gasteiger partial charge in [-0.15, -0.1) is 0 Å². The Kier molecular flexibility index (Phi) is 6.85. The minimum atomic E-state index is -0.466. The number of rotatable bonds is 7. The van der Waals surface area contributed by atoms with Crippen molar-refractivity contribution in [2.75, 3.05) is 18.5 Å². The summed E-state index contributed by atoms with van der Waals surface area (Å²) in [4.78, 5) is 11.8. The summed E-state index contributed by atoms with van der Waals surface area (Å²) in [5.74, 6) is 1.38. The van der Waals surface area contributed by atoms with Crippen LogP contribution in [0.25, 0.3) is 0 Å². The van der Waals surface area contributed by atoms with Crippen LogP contribution < -0.4 is 14.8 Å². The molecule has 1 amide bonds. The second-order valence-electron chi connectivity index (χ2n) is 4.72. The van der Waals surface area contributed by atoms with E-state index in [0.717, 1.165) is 5.56 Å². The highest BCUT2D eigenvalue weighted by atomic mass is 16.6. The Bertz CT molecular complexity index is 472. The summed E-state index contributed by atoms with van der Waals surface area (Å²) in [5.41, 5.74) is 1.60. The third kappa shape index (κ3) is 4.85. The third-order valence-electron chi connectivity index (χ3n) is 2.75. The maximum atomic E-state index is 11.8. The molecular formula is C16H25NO4. The first-order chi connectivity index (χ1) is 10.0. The summed E-state index contributed by atoms with van der Waals surface area (Å²) < 4.78 is 16.4. The van der Waals surface area contributed by atoms with E-state index in [1.165, 1.54) is 0 Å². The van der Waals surface area contributed by atoms with Crippen LogP contribution in [-0.2, 0) is 11.2 Å². The van der Waals surface area contributed by atoms with Gasteiger partial charge >= 0.3 is 6.09 Å². The predicted molar refractivity (Wildman–Crippen MR) is 83.4 cm³/mol. The van der Waals surface area contributed by atoms with Crippen molar-refractivity contribution in [3.8, 4) is 11.5 Å². The molecule has 0 fully saturated rings. The second-order valence-corrected chi connectivity index (χ2v) is 4.72. The molecule has 0 spiro atoms. The van der Waals surface area contributed by atoms with Crippen molar-refractivity contribution in [2.45, 2.75) is 47.1 Å². The van der Waals surface area contributed by atoms with Crippen molar-refractivity contribution in [1.29, 1.82) is 0 Å². The highest BCUT2D eigenvalue weighted by Crippen LogP contribution is 2.37. The van der Waals surface area contributed by atoms with Gasteiger partial charge in [0, 0.05) is 5.56 Å². The molecule has 0 aromatic heterocycles. The van der Waals surface area contributed by atoms with Crippen LogP contribution in [0, 0.1) is 0 Å². The molecular weight excluding hydrogens is 270 g/mol. The van der Waals surface area contributed by atoms with Gasteiger partial charge in [-0.2, -0.15) is 0 Å². The Labute approximate surface area is 126 Å². The molecule has 1 N–H and O–H groups in total. The SMILES string of the molecule is CCOc1ccc(NC(=O)OC(C)C)c(CC)c1OCC. The van der Waals surface area contributed by atoms with Gasteiger partial charge in [-0.05, 0) is 46.2 Å². The molecule has 0 saturated heterocycles. The molecule has 1 aromatic carbocycles. The number of carbonyl (C=O) groups excluding carboxylic acids is 1. The number of benzene rings is 1. The van der Waals surface area contributed by atoms with Crippen LogP contribution in [0.15, 0.2) is 12.1 Å². The lowest BCUT2D eigenvalue weighted by Crippen LogP contribution is -2.19. The predicted octanol–water partition coefficient (Wildman–Crippen LogP) is 4.00. The minimum absolute atomic E-state index is 0.163. The first-order valence-electron chi connectivity index (χ1n) is 7.42. The van der Waals surface area contributed by atoms with Crippen LogP contribution in [0.5, 0.6) is 11.5 Å². The second kappa shape index (κ2) is 8.39. The van der Waals surface area contributed by atoms with Gasteiger partial charge in [0.15, 0.2) is 11.5 Å².